The fraction of sp³-hybridized carbons (Fsp3) is 1.00. The molecule has 0 saturated carbocycles. The Balaban J connectivity index is 3.09. The predicted molar refractivity (Wildman–Crippen MR) is 43.0 cm³/mol. The molecule has 2 heteroatoms. The lowest BCUT2D eigenvalue weighted by Crippen LogP contribution is -2.15. The van der Waals surface area contributed by atoms with Gasteiger partial charge in [-0.1, -0.05) is 20.8 Å². The molecular formula is C7H17OSi. The molecule has 0 fully saturated rings. The van der Waals surface area contributed by atoms with Crippen molar-refractivity contribution in [2.45, 2.75) is 39.3 Å². The number of rotatable bonds is 5. The van der Waals surface area contributed by atoms with E-state index in [0.717, 1.165) is 13.0 Å². The first-order chi connectivity index (χ1) is 4.35. The first-order valence-electron chi connectivity index (χ1n) is 3.82. The molecule has 0 heterocycles. The van der Waals surface area contributed by atoms with Gasteiger partial charge in [0.25, 0.3) is 0 Å². The molecule has 1 radical (unpaired) electrons. The van der Waals surface area contributed by atoms with Gasteiger partial charge in [0.05, 0.1) is 0 Å². The van der Waals surface area contributed by atoms with Gasteiger partial charge >= 0.3 is 0 Å². The molecule has 0 bridgehead atoms. The van der Waals surface area contributed by atoms with Gasteiger partial charge in [0, 0.05) is 6.61 Å². The van der Waals surface area contributed by atoms with Gasteiger partial charge < -0.3 is 4.43 Å². The van der Waals surface area contributed by atoms with Gasteiger partial charge in [0.15, 0.2) is 0 Å². The summed E-state index contributed by atoms with van der Waals surface area (Å²) in [6.45, 7) is 7.56. The zero-order valence-corrected chi connectivity index (χ0v) is 7.74. The molecule has 0 spiro atoms. The summed E-state index contributed by atoms with van der Waals surface area (Å²) >= 11 is 0. The van der Waals surface area contributed by atoms with Gasteiger partial charge in [0.1, 0.15) is 0 Å². The Morgan fingerprint density at radius 1 is 1.11 bits per heavy atom. The molecule has 9 heavy (non-hydrogen) atoms. The molecule has 0 rings (SSSR count). The average Bonchev–Trinajstić information content (AvgIpc) is 1.91. The lowest BCUT2D eigenvalue weighted by atomic mass is 10.5. The Kier molecular flexibility index (Phi) is 6.42. The molecule has 0 aromatic carbocycles. The van der Waals surface area contributed by atoms with Crippen molar-refractivity contribution in [3.63, 3.8) is 0 Å². The number of hydrogen-bond acceptors (Lipinski definition) is 1. The Hall–Kier alpha value is 0.177. The van der Waals surface area contributed by atoms with E-state index in [0.29, 0.717) is 0 Å². The van der Waals surface area contributed by atoms with Crippen LogP contribution < -0.4 is 0 Å². The summed E-state index contributed by atoms with van der Waals surface area (Å²) in [6, 6.07) is 2.50. The minimum Gasteiger partial charge on any atom is -0.417 e. The zero-order chi connectivity index (χ0) is 7.11. The van der Waals surface area contributed by atoms with Crippen molar-refractivity contribution in [3.8, 4) is 0 Å². The first-order valence-corrected chi connectivity index (χ1v) is 5.64. The van der Waals surface area contributed by atoms with Crippen LogP contribution in [0.4, 0.5) is 0 Å². The first kappa shape index (κ1) is 9.18. The second kappa shape index (κ2) is 6.30. The molecule has 0 saturated heterocycles. The number of hydrogen-bond donors (Lipinski definition) is 0. The van der Waals surface area contributed by atoms with Crippen LogP contribution in [-0.4, -0.2) is 15.6 Å². The Bertz CT molecular complexity index is 52.9. The van der Waals surface area contributed by atoms with E-state index >= 15 is 0 Å². The largest absolute Gasteiger partial charge is 0.417 e. The molecule has 0 aromatic heterocycles. The SMILES string of the molecule is CCCO[Si](CC)CC. The van der Waals surface area contributed by atoms with Crippen molar-refractivity contribution in [3.05, 3.63) is 0 Å². The third-order valence-corrected chi connectivity index (χ3v) is 3.49. The summed E-state index contributed by atoms with van der Waals surface area (Å²) in [4.78, 5) is 0. The highest BCUT2D eigenvalue weighted by Gasteiger charge is 2.04. The lowest BCUT2D eigenvalue weighted by Gasteiger charge is -2.08. The van der Waals surface area contributed by atoms with Gasteiger partial charge in [-0.25, -0.2) is 0 Å². The molecule has 0 aliphatic carbocycles. The molecule has 0 unspecified atom stereocenters. The van der Waals surface area contributed by atoms with Crippen LogP contribution in [-0.2, 0) is 4.43 Å². The van der Waals surface area contributed by atoms with Crippen molar-refractivity contribution in [2.75, 3.05) is 6.61 Å². The highest BCUT2D eigenvalue weighted by Crippen LogP contribution is 1.99. The van der Waals surface area contributed by atoms with Gasteiger partial charge in [-0.15, -0.1) is 0 Å². The average molecular weight is 145 g/mol. The topological polar surface area (TPSA) is 9.23 Å². The maximum Gasteiger partial charge on any atom is 0.210 e. The predicted octanol–water partition coefficient (Wildman–Crippen LogP) is 2.44. The smallest absolute Gasteiger partial charge is 0.210 e. The zero-order valence-electron chi connectivity index (χ0n) is 6.74. The summed E-state index contributed by atoms with van der Waals surface area (Å²) in [5.41, 5.74) is 0. The van der Waals surface area contributed by atoms with Crippen LogP contribution in [0.2, 0.25) is 12.1 Å². The maximum atomic E-state index is 5.59. The molecule has 0 N–H and O–H groups in total. The van der Waals surface area contributed by atoms with Crippen molar-refractivity contribution >= 4 is 9.04 Å². The highest BCUT2D eigenvalue weighted by molar-refractivity contribution is 6.51. The fourth-order valence-corrected chi connectivity index (χ4v) is 2.10. The van der Waals surface area contributed by atoms with Crippen LogP contribution in [0, 0.1) is 0 Å². The van der Waals surface area contributed by atoms with E-state index in [1.54, 1.807) is 0 Å². The Morgan fingerprint density at radius 2 is 1.67 bits per heavy atom. The van der Waals surface area contributed by atoms with Crippen LogP contribution in [0.1, 0.15) is 27.2 Å². The molecule has 1 nitrogen and oxygen atoms in total. The second-order valence-electron chi connectivity index (χ2n) is 2.09. The van der Waals surface area contributed by atoms with Crippen LogP contribution in [0.25, 0.3) is 0 Å². The van der Waals surface area contributed by atoms with Crippen LogP contribution in [0.15, 0.2) is 0 Å². The minimum absolute atomic E-state index is 0.386. The van der Waals surface area contributed by atoms with E-state index < -0.39 is 0 Å². The van der Waals surface area contributed by atoms with Crippen LogP contribution in [0.3, 0.4) is 0 Å². The second-order valence-corrected chi connectivity index (χ2v) is 4.87. The van der Waals surface area contributed by atoms with E-state index in [4.69, 9.17) is 4.43 Å². The highest BCUT2D eigenvalue weighted by atomic mass is 28.3. The Labute approximate surface area is 60.1 Å². The van der Waals surface area contributed by atoms with E-state index in [9.17, 15) is 0 Å². The third-order valence-electron chi connectivity index (χ3n) is 1.30. The molecule has 0 atom stereocenters. The Morgan fingerprint density at radius 3 is 2.00 bits per heavy atom. The van der Waals surface area contributed by atoms with E-state index in [1.165, 1.54) is 12.1 Å². The monoisotopic (exact) mass is 145 g/mol. The maximum absolute atomic E-state index is 5.59. The molecular weight excluding hydrogens is 128 g/mol. The van der Waals surface area contributed by atoms with E-state index in [-0.39, 0.29) is 9.04 Å². The summed E-state index contributed by atoms with van der Waals surface area (Å²) in [7, 11) is -0.386. The summed E-state index contributed by atoms with van der Waals surface area (Å²) in [5, 5.41) is 0. The van der Waals surface area contributed by atoms with E-state index in [1.807, 2.05) is 0 Å². The van der Waals surface area contributed by atoms with E-state index in [2.05, 4.69) is 20.8 Å². The van der Waals surface area contributed by atoms with Gasteiger partial charge in [-0.3, -0.25) is 0 Å². The third kappa shape index (κ3) is 4.67. The summed E-state index contributed by atoms with van der Waals surface area (Å²) in [5.74, 6) is 0. The molecule has 0 aromatic rings. The molecule has 55 valence electrons. The van der Waals surface area contributed by atoms with Crippen molar-refractivity contribution in [1.29, 1.82) is 0 Å². The van der Waals surface area contributed by atoms with Crippen LogP contribution >= 0.6 is 0 Å². The van der Waals surface area contributed by atoms with Gasteiger partial charge in [-0.05, 0) is 18.5 Å². The fourth-order valence-electron chi connectivity index (χ4n) is 0.701. The minimum atomic E-state index is -0.386. The van der Waals surface area contributed by atoms with Gasteiger partial charge in [-0.2, -0.15) is 0 Å². The van der Waals surface area contributed by atoms with Crippen LogP contribution in [0.5, 0.6) is 0 Å². The van der Waals surface area contributed by atoms with Gasteiger partial charge in [0.2, 0.25) is 9.04 Å². The van der Waals surface area contributed by atoms with Crippen molar-refractivity contribution in [2.24, 2.45) is 0 Å². The summed E-state index contributed by atoms with van der Waals surface area (Å²) < 4.78 is 5.59. The molecule has 0 aliphatic heterocycles. The quantitative estimate of drug-likeness (QED) is 0.540. The molecule has 0 aliphatic rings. The normalized spacial score (nSPS) is 10.7. The molecule has 0 amide bonds. The van der Waals surface area contributed by atoms with Crippen molar-refractivity contribution < 1.29 is 4.43 Å². The standard InChI is InChI=1S/C7H17OSi/c1-4-7-8-9(5-2)6-3/h4-7H2,1-3H3. The van der Waals surface area contributed by atoms with Crippen molar-refractivity contribution in [1.82, 2.24) is 0 Å². The summed E-state index contributed by atoms with van der Waals surface area (Å²) in [6.07, 6.45) is 1.16. The lowest BCUT2D eigenvalue weighted by molar-refractivity contribution is 0.319.